The molecule has 0 aliphatic heterocycles. The molecular formula is C14H16FN3O2S. The first-order valence-corrected chi connectivity index (χ1v) is 7.74. The van der Waals surface area contributed by atoms with Crippen molar-refractivity contribution < 1.29 is 12.8 Å². The molecule has 0 saturated carbocycles. The van der Waals surface area contributed by atoms with Gasteiger partial charge in [-0.05, 0) is 17.7 Å². The fourth-order valence-corrected chi connectivity index (χ4v) is 2.85. The summed E-state index contributed by atoms with van der Waals surface area (Å²) >= 11 is 0. The Bertz CT molecular complexity index is 717. The lowest BCUT2D eigenvalue weighted by Gasteiger charge is -2.17. The van der Waals surface area contributed by atoms with Crippen LogP contribution in [0.5, 0.6) is 0 Å². The number of nitrogens with two attached hydrogens (primary N) is 1. The van der Waals surface area contributed by atoms with Gasteiger partial charge in [-0.25, -0.2) is 17.8 Å². The summed E-state index contributed by atoms with van der Waals surface area (Å²) in [5, 5.41) is -0.0847. The van der Waals surface area contributed by atoms with Crippen LogP contribution in [0.4, 0.5) is 4.39 Å². The average molecular weight is 309 g/mol. The summed E-state index contributed by atoms with van der Waals surface area (Å²) in [6, 6.07) is 9.07. The molecule has 7 heteroatoms. The van der Waals surface area contributed by atoms with Gasteiger partial charge in [0.05, 0.1) is 0 Å². The average Bonchev–Trinajstić information content (AvgIpc) is 2.49. The zero-order valence-corrected chi connectivity index (χ0v) is 12.3. The Morgan fingerprint density at radius 3 is 2.52 bits per heavy atom. The van der Waals surface area contributed by atoms with Crippen molar-refractivity contribution in [1.29, 1.82) is 0 Å². The maximum absolute atomic E-state index is 13.6. The standard InChI is InChI=1S/C14H16FN3O2S/c1-18(10-12-4-2-3-5-13(12)15)21(19,20)14-7-6-11(8-16)9-17-14/h2-7,9H,8,10,16H2,1H3. The van der Waals surface area contributed by atoms with E-state index in [1.54, 1.807) is 24.3 Å². The van der Waals surface area contributed by atoms with Crippen molar-refractivity contribution in [2.45, 2.75) is 18.1 Å². The highest BCUT2D eigenvalue weighted by atomic mass is 32.2. The van der Waals surface area contributed by atoms with Crippen molar-refractivity contribution in [3.8, 4) is 0 Å². The van der Waals surface area contributed by atoms with Crippen LogP contribution in [0.2, 0.25) is 0 Å². The van der Waals surface area contributed by atoms with Crippen molar-refractivity contribution in [3.63, 3.8) is 0 Å². The Balaban J connectivity index is 2.24. The molecule has 0 aliphatic carbocycles. The minimum Gasteiger partial charge on any atom is -0.326 e. The number of sulfonamides is 1. The van der Waals surface area contributed by atoms with Gasteiger partial charge in [0.15, 0.2) is 5.03 Å². The van der Waals surface area contributed by atoms with E-state index in [0.717, 1.165) is 9.87 Å². The number of aromatic nitrogens is 1. The molecule has 112 valence electrons. The summed E-state index contributed by atoms with van der Waals surface area (Å²) in [4.78, 5) is 3.90. The van der Waals surface area contributed by atoms with E-state index in [4.69, 9.17) is 5.73 Å². The van der Waals surface area contributed by atoms with Gasteiger partial charge in [0.25, 0.3) is 10.0 Å². The highest BCUT2D eigenvalue weighted by Crippen LogP contribution is 2.16. The molecule has 21 heavy (non-hydrogen) atoms. The quantitative estimate of drug-likeness (QED) is 0.908. The molecule has 0 radical (unpaired) electrons. The van der Waals surface area contributed by atoms with Gasteiger partial charge in [0.1, 0.15) is 5.82 Å². The molecule has 0 atom stereocenters. The van der Waals surface area contributed by atoms with Gasteiger partial charge in [0, 0.05) is 31.9 Å². The molecule has 5 nitrogen and oxygen atoms in total. The summed E-state index contributed by atoms with van der Waals surface area (Å²) in [6.07, 6.45) is 1.42. The summed E-state index contributed by atoms with van der Waals surface area (Å²) in [5.41, 5.74) is 6.49. The van der Waals surface area contributed by atoms with Gasteiger partial charge in [-0.1, -0.05) is 24.3 Å². The molecule has 1 heterocycles. The van der Waals surface area contributed by atoms with Gasteiger partial charge in [0.2, 0.25) is 0 Å². The molecule has 1 aromatic heterocycles. The summed E-state index contributed by atoms with van der Waals surface area (Å²) in [5.74, 6) is -0.439. The van der Waals surface area contributed by atoms with E-state index in [1.165, 1.54) is 25.4 Å². The smallest absolute Gasteiger partial charge is 0.260 e. The monoisotopic (exact) mass is 309 g/mol. The normalized spacial score (nSPS) is 11.8. The molecule has 0 aliphatic rings. The maximum atomic E-state index is 13.6. The van der Waals surface area contributed by atoms with Gasteiger partial charge in [-0.3, -0.25) is 0 Å². The predicted molar refractivity (Wildman–Crippen MR) is 77.2 cm³/mol. The number of halogens is 1. The Labute approximate surface area is 123 Å². The van der Waals surface area contributed by atoms with Crippen molar-refractivity contribution in [2.75, 3.05) is 7.05 Å². The molecule has 2 rings (SSSR count). The van der Waals surface area contributed by atoms with E-state index in [9.17, 15) is 12.8 Å². The molecule has 2 N–H and O–H groups in total. The lowest BCUT2D eigenvalue weighted by atomic mass is 10.2. The number of pyridine rings is 1. The van der Waals surface area contributed by atoms with E-state index in [1.807, 2.05) is 0 Å². The largest absolute Gasteiger partial charge is 0.326 e. The molecule has 2 aromatic rings. The first kappa shape index (κ1) is 15.6. The Morgan fingerprint density at radius 2 is 1.95 bits per heavy atom. The van der Waals surface area contributed by atoms with E-state index >= 15 is 0 Å². The van der Waals surface area contributed by atoms with Crippen LogP contribution in [0.1, 0.15) is 11.1 Å². The second kappa shape index (κ2) is 6.30. The van der Waals surface area contributed by atoms with Crippen LogP contribution >= 0.6 is 0 Å². The SMILES string of the molecule is CN(Cc1ccccc1F)S(=O)(=O)c1ccc(CN)cn1. The van der Waals surface area contributed by atoms with Crippen LogP contribution in [0.15, 0.2) is 47.6 Å². The van der Waals surface area contributed by atoms with Crippen molar-refractivity contribution in [2.24, 2.45) is 5.73 Å². The summed E-state index contributed by atoms with van der Waals surface area (Å²) in [7, 11) is -2.37. The second-order valence-corrected chi connectivity index (χ2v) is 6.55. The lowest BCUT2D eigenvalue weighted by molar-refractivity contribution is 0.454. The molecule has 0 unspecified atom stereocenters. The molecule has 0 amide bonds. The predicted octanol–water partition coefficient (Wildman–Crippen LogP) is 1.50. The van der Waals surface area contributed by atoms with E-state index in [2.05, 4.69) is 4.98 Å². The third-order valence-electron chi connectivity index (χ3n) is 3.06. The van der Waals surface area contributed by atoms with Gasteiger partial charge in [-0.15, -0.1) is 0 Å². The molecular weight excluding hydrogens is 293 g/mol. The van der Waals surface area contributed by atoms with Crippen molar-refractivity contribution >= 4 is 10.0 Å². The highest BCUT2D eigenvalue weighted by molar-refractivity contribution is 7.89. The Morgan fingerprint density at radius 1 is 1.24 bits per heavy atom. The number of hydrogen-bond acceptors (Lipinski definition) is 4. The zero-order valence-electron chi connectivity index (χ0n) is 11.5. The molecule has 0 saturated heterocycles. The first-order chi connectivity index (χ1) is 9.95. The number of rotatable bonds is 5. The molecule has 0 bridgehead atoms. The zero-order chi connectivity index (χ0) is 15.5. The van der Waals surface area contributed by atoms with Gasteiger partial charge >= 0.3 is 0 Å². The van der Waals surface area contributed by atoms with Gasteiger partial charge < -0.3 is 5.73 Å². The van der Waals surface area contributed by atoms with E-state index in [-0.39, 0.29) is 11.6 Å². The third kappa shape index (κ3) is 3.44. The molecule has 0 fully saturated rings. The van der Waals surface area contributed by atoms with Crippen LogP contribution in [-0.2, 0) is 23.1 Å². The number of nitrogens with zero attached hydrogens (tertiary/aromatic N) is 2. The maximum Gasteiger partial charge on any atom is 0.260 e. The van der Waals surface area contributed by atoms with Crippen LogP contribution < -0.4 is 5.73 Å². The second-order valence-electron chi connectivity index (χ2n) is 4.56. The van der Waals surface area contributed by atoms with Crippen molar-refractivity contribution in [3.05, 3.63) is 59.5 Å². The number of hydrogen-bond donors (Lipinski definition) is 1. The van der Waals surface area contributed by atoms with Crippen LogP contribution in [0, 0.1) is 5.82 Å². The fourth-order valence-electron chi connectivity index (χ4n) is 1.80. The van der Waals surface area contributed by atoms with Crippen molar-refractivity contribution in [1.82, 2.24) is 9.29 Å². The van der Waals surface area contributed by atoms with Gasteiger partial charge in [-0.2, -0.15) is 4.31 Å². The summed E-state index contributed by atoms with van der Waals surface area (Å²) < 4.78 is 39.4. The van der Waals surface area contributed by atoms with E-state index < -0.39 is 15.8 Å². The highest BCUT2D eigenvalue weighted by Gasteiger charge is 2.23. The minimum atomic E-state index is -3.76. The molecule has 0 spiro atoms. The van der Waals surface area contributed by atoms with Crippen LogP contribution in [-0.4, -0.2) is 24.8 Å². The Hall–Kier alpha value is -1.83. The first-order valence-electron chi connectivity index (χ1n) is 6.30. The topological polar surface area (TPSA) is 76.3 Å². The lowest BCUT2D eigenvalue weighted by Crippen LogP contribution is -2.27. The summed E-state index contributed by atoms with van der Waals surface area (Å²) in [6.45, 7) is 0.230. The van der Waals surface area contributed by atoms with E-state index in [0.29, 0.717) is 12.1 Å². The van der Waals surface area contributed by atoms with Crippen LogP contribution in [0.25, 0.3) is 0 Å². The van der Waals surface area contributed by atoms with Crippen LogP contribution in [0.3, 0.4) is 0 Å². The number of benzene rings is 1. The molecule has 1 aromatic carbocycles. The Kier molecular flexibility index (Phi) is 4.66. The fraction of sp³-hybridized carbons (Fsp3) is 0.214. The minimum absolute atomic E-state index is 0.0602. The third-order valence-corrected chi connectivity index (χ3v) is 4.78.